The molecule has 1 aliphatic rings. The van der Waals surface area contributed by atoms with Crippen molar-refractivity contribution >= 4 is 39.5 Å². The number of hydrogen-bond acceptors (Lipinski definition) is 11. The molecule has 1 aliphatic heterocycles. The van der Waals surface area contributed by atoms with Gasteiger partial charge in [0.1, 0.15) is 11.4 Å². The summed E-state index contributed by atoms with van der Waals surface area (Å²) >= 11 is 0. The summed E-state index contributed by atoms with van der Waals surface area (Å²) in [5.41, 5.74) is 0.824. The van der Waals surface area contributed by atoms with Crippen LogP contribution in [0.25, 0.3) is 11.0 Å². The first-order valence-electron chi connectivity index (χ1n) is 9.35. The Bertz CT molecular complexity index is 1160. The molecule has 1 N–H and O–H groups in total. The van der Waals surface area contributed by atoms with E-state index in [4.69, 9.17) is 9.37 Å². The van der Waals surface area contributed by atoms with Gasteiger partial charge in [0.15, 0.2) is 5.52 Å². The lowest BCUT2D eigenvalue weighted by Gasteiger charge is -2.33. The fourth-order valence-electron chi connectivity index (χ4n) is 3.53. The van der Waals surface area contributed by atoms with E-state index >= 15 is 0 Å². The number of nitro groups is 2. The molecule has 0 unspecified atom stereocenters. The van der Waals surface area contributed by atoms with Gasteiger partial charge in [0.25, 0.3) is 5.69 Å². The molecule has 0 spiro atoms. The van der Waals surface area contributed by atoms with Gasteiger partial charge in [-0.05, 0) is 29.5 Å². The lowest BCUT2D eigenvalue weighted by atomic mass is 10.1. The predicted octanol–water partition coefficient (Wildman–Crippen LogP) is 2.54. The minimum Gasteiger partial charge on any atom is -0.495 e. The van der Waals surface area contributed by atoms with Crippen LogP contribution in [0.4, 0.5) is 28.4 Å². The third kappa shape index (κ3) is 3.77. The van der Waals surface area contributed by atoms with Crippen molar-refractivity contribution in [1.29, 1.82) is 0 Å². The molecule has 2 heterocycles. The number of ether oxygens (including phenoxy) is 1. The van der Waals surface area contributed by atoms with Crippen molar-refractivity contribution in [2.24, 2.45) is 0 Å². The second-order valence-corrected chi connectivity index (χ2v) is 7.07. The lowest BCUT2D eigenvalue weighted by Crippen LogP contribution is -2.44. The highest BCUT2D eigenvalue weighted by atomic mass is 16.6. The van der Waals surface area contributed by atoms with Crippen molar-refractivity contribution in [3.8, 4) is 5.75 Å². The average molecular weight is 429 g/mol. The summed E-state index contributed by atoms with van der Waals surface area (Å²) in [6, 6.07) is 5.69. The van der Waals surface area contributed by atoms with Crippen LogP contribution in [0.1, 0.15) is 0 Å². The molecule has 0 atom stereocenters. The molecule has 1 saturated heterocycles. The van der Waals surface area contributed by atoms with Crippen molar-refractivity contribution in [3.63, 3.8) is 0 Å². The average Bonchev–Trinajstić information content (AvgIpc) is 3.23. The molecule has 1 fully saturated rings. The molecule has 0 saturated carbocycles. The number of fused-ring (bicyclic) bond motifs is 1. The van der Waals surface area contributed by atoms with Gasteiger partial charge < -0.3 is 19.9 Å². The van der Waals surface area contributed by atoms with Gasteiger partial charge in [-0.1, -0.05) is 0 Å². The van der Waals surface area contributed by atoms with E-state index < -0.39 is 9.85 Å². The fraction of sp³-hybridized carbons (Fsp3) is 0.333. The van der Waals surface area contributed by atoms with E-state index in [1.54, 1.807) is 6.07 Å². The Labute approximate surface area is 175 Å². The second kappa shape index (κ2) is 8.02. The number of piperazine rings is 1. The summed E-state index contributed by atoms with van der Waals surface area (Å²) in [5, 5.41) is 33.7. The first kappa shape index (κ1) is 20.3. The monoisotopic (exact) mass is 429 g/mol. The maximum Gasteiger partial charge on any atom is 0.323 e. The number of anilines is 3. The van der Waals surface area contributed by atoms with Gasteiger partial charge in [-0.25, -0.2) is 4.63 Å². The Morgan fingerprint density at radius 3 is 2.39 bits per heavy atom. The van der Waals surface area contributed by atoms with Gasteiger partial charge in [-0.15, -0.1) is 0 Å². The van der Waals surface area contributed by atoms with Crippen LogP contribution in [-0.2, 0) is 0 Å². The summed E-state index contributed by atoms with van der Waals surface area (Å²) in [6.45, 7) is 2.67. The highest BCUT2D eigenvalue weighted by molar-refractivity contribution is 6.01. The molecule has 13 heteroatoms. The summed E-state index contributed by atoms with van der Waals surface area (Å²) in [5.74, 6) is 0.356. The molecule has 3 aromatic rings. The van der Waals surface area contributed by atoms with E-state index in [0.717, 1.165) is 13.1 Å². The van der Waals surface area contributed by atoms with Crippen LogP contribution in [0, 0.1) is 20.2 Å². The maximum atomic E-state index is 11.9. The van der Waals surface area contributed by atoms with Crippen molar-refractivity contribution in [3.05, 3.63) is 44.5 Å². The SMILES string of the molecule is COc1ccc([N+](=O)[O-])cc1Nc1cc(N2CCN(C)CC2)c([N+](=O)[O-])c2nonc12. The highest BCUT2D eigenvalue weighted by Crippen LogP contribution is 2.41. The third-order valence-corrected chi connectivity index (χ3v) is 5.18. The van der Waals surface area contributed by atoms with Crippen LogP contribution in [0.2, 0.25) is 0 Å². The number of methoxy groups -OCH3 is 1. The number of non-ortho nitro benzene ring substituents is 1. The van der Waals surface area contributed by atoms with Crippen LogP contribution in [-0.4, -0.2) is 65.4 Å². The van der Waals surface area contributed by atoms with Crippen LogP contribution in [0.3, 0.4) is 0 Å². The molecule has 1 aromatic heterocycles. The van der Waals surface area contributed by atoms with Gasteiger partial charge in [0.05, 0.1) is 28.3 Å². The normalized spacial score (nSPS) is 14.6. The highest BCUT2D eigenvalue weighted by Gasteiger charge is 2.30. The molecule has 0 radical (unpaired) electrons. The van der Waals surface area contributed by atoms with Crippen LogP contribution in [0.15, 0.2) is 28.9 Å². The number of nitrogens with one attached hydrogen (secondary N) is 1. The van der Waals surface area contributed by atoms with E-state index in [2.05, 4.69) is 20.5 Å². The molecule has 0 aliphatic carbocycles. The zero-order valence-electron chi connectivity index (χ0n) is 16.8. The summed E-state index contributed by atoms with van der Waals surface area (Å²) in [4.78, 5) is 26.1. The van der Waals surface area contributed by atoms with Gasteiger partial charge in [-0.3, -0.25) is 20.2 Å². The van der Waals surface area contributed by atoms with Crippen LogP contribution in [0.5, 0.6) is 5.75 Å². The third-order valence-electron chi connectivity index (χ3n) is 5.18. The van der Waals surface area contributed by atoms with Gasteiger partial charge >= 0.3 is 5.69 Å². The van der Waals surface area contributed by atoms with Crippen molar-refractivity contribution in [2.45, 2.75) is 0 Å². The molecule has 31 heavy (non-hydrogen) atoms. The Balaban J connectivity index is 1.85. The maximum absolute atomic E-state index is 11.9. The molecule has 4 rings (SSSR count). The first-order valence-corrected chi connectivity index (χ1v) is 9.35. The van der Waals surface area contributed by atoms with Gasteiger partial charge in [0.2, 0.25) is 5.52 Å². The summed E-state index contributed by atoms with van der Waals surface area (Å²) in [7, 11) is 3.42. The zero-order chi connectivity index (χ0) is 22.1. The van der Waals surface area contributed by atoms with E-state index in [0.29, 0.717) is 35.9 Å². The van der Waals surface area contributed by atoms with Crippen LogP contribution < -0.4 is 15.0 Å². The summed E-state index contributed by atoms with van der Waals surface area (Å²) in [6.07, 6.45) is 0. The smallest absolute Gasteiger partial charge is 0.323 e. The minimum atomic E-state index is -0.524. The largest absolute Gasteiger partial charge is 0.495 e. The first-order chi connectivity index (χ1) is 14.9. The van der Waals surface area contributed by atoms with E-state index in [9.17, 15) is 20.2 Å². The van der Waals surface area contributed by atoms with Crippen molar-refractivity contribution in [1.82, 2.24) is 15.2 Å². The standard InChI is InChI=1S/C18H19N7O6/c1-22-5-7-23(8-6-22)14-10-13(16-17(21-31-20-16)18(14)25(28)29)19-12-9-11(24(26)27)3-4-15(12)30-2/h3-4,9-10,19H,5-8H2,1-2H3. The number of nitrogens with zero attached hydrogens (tertiary/aromatic N) is 6. The quantitative estimate of drug-likeness (QED) is 0.454. The number of likely N-dealkylation sites (N-methyl/N-ethyl adjacent to an activating group) is 1. The van der Waals surface area contributed by atoms with Gasteiger partial charge in [-0.2, -0.15) is 0 Å². The summed E-state index contributed by atoms with van der Waals surface area (Å²) < 4.78 is 10.1. The lowest BCUT2D eigenvalue weighted by molar-refractivity contribution is -0.384. The molecule has 2 aromatic carbocycles. The van der Waals surface area contributed by atoms with Crippen molar-refractivity contribution < 1.29 is 19.2 Å². The number of rotatable bonds is 6. The Morgan fingerprint density at radius 1 is 1.03 bits per heavy atom. The second-order valence-electron chi connectivity index (χ2n) is 7.07. The van der Waals surface area contributed by atoms with E-state index in [1.807, 2.05) is 11.9 Å². The molecular formula is C18H19N7O6. The zero-order valence-corrected chi connectivity index (χ0v) is 16.8. The van der Waals surface area contributed by atoms with E-state index in [1.165, 1.54) is 25.3 Å². The van der Waals surface area contributed by atoms with Crippen molar-refractivity contribution in [2.75, 3.05) is 50.6 Å². The minimum absolute atomic E-state index is 0.00618. The number of aromatic nitrogens is 2. The molecule has 0 amide bonds. The molecule has 0 bridgehead atoms. The molecule has 162 valence electrons. The Hall–Kier alpha value is -4.00. The predicted molar refractivity (Wildman–Crippen MR) is 111 cm³/mol. The topological polar surface area (TPSA) is 153 Å². The fourth-order valence-corrected chi connectivity index (χ4v) is 3.53. The Kier molecular flexibility index (Phi) is 5.25. The number of hydrogen-bond donors (Lipinski definition) is 1. The number of nitro benzene ring substituents is 2. The van der Waals surface area contributed by atoms with E-state index in [-0.39, 0.29) is 22.4 Å². The van der Waals surface area contributed by atoms with Crippen LogP contribution >= 0.6 is 0 Å². The number of benzene rings is 2. The molecule has 13 nitrogen and oxygen atoms in total. The molecular weight excluding hydrogens is 410 g/mol. The Morgan fingerprint density at radius 2 is 1.74 bits per heavy atom. The van der Waals surface area contributed by atoms with Gasteiger partial charge in [0, 0.05) is 38.3 Å².